The quantitative estimate of drug-likeness (QED) is 0.456. The average Bonchev–Trinajstić information content (AvgIpc) is 2.11. The van der Waals surface area contributed by atoms with Crippen molar-refractivity contribution < 1.29 is 14.0 Å². The van der Waals surface area contributed by atoms with Crippen LogP contribution in [0.15, 0.2) is 12.2 Å². The van der Waals surface area contributed by atoms with E-state index < -0.39 is 0 Å². The fourth-order valence-corrected chi connectivity index (χ4v) is 1.07. The molecule has 0 fully saturated rings. The van der Waals surface area contributed by atoms with Crippen LogP contribution in [-0.2, 0) is 9.53 Å². The lowest BCUT2D eigenvalue weighted by Gasteiger charge is -2.29. The number of quaternary nitrogens is 1. The first-order chi connectivity index (χ1) is 6.39. The number of ketones is 1. The molecule has 0 aromatic carbocycles. The van der Waals surface area contributed by atoms with E-state index in [2.05, 4.69) is 20.7 Å². The van der Waals surface area contributed by atoms with Crippen molar-refractivity contribution in [3.8, 4) is 0 Å². The summed E-state index contributed by atoms with van der Waals surface area (Å²) in [7, 11) is 5.90. The first-order valence-electron chi connectivity index (χ1n) is 4.89. The van der Waals surface area contributed by atoms with Gasteiger partial charge in [-0.1, -0.05) is 6.58 Å². The fraction of sp³-hybridized carbons (Fsp3) is 0.727. The summed E-state index contributed by atoms with van der Waals surface area (Å²) < 4.78 is 5.83. The number of ether oxygens (including phenoxy) is 1. The summed E-state index contributed by atoms with van der Waals surface area (Å²) in [5.41, 5.74) is 0.650. The van der Waals surface area contributed by atoms with E-state index in [0.29, 0.717) is 12.0 Å². The second-order valence-electron chi connectivity index (χ2n) is 4.33. The molecule has 0 amide bonds. The number of likely N-dealkylation sites (N-methyl/N-ethyl adjacent to an activating group) is 1. The Hall–Kier alpha value is -0.670. The van der Waals surface area contributed by atoms with Crippen molar-refractivity contribution in [3.05, 3.63) is 12.2 Å². The molecule has 0 aliphatic rings. The zero-order valence-electron chi connectivity index (χ0n) is 9.80. The van der Waals surface area contributed by atoms with Crippen molar-refractivity contribution in [2.24, 2.45) is 0 Å². The molecule has 14 heavy (non-hydrogen) atoms. The van der Waals surface area contributed by atoms with Crippen LogP contribution >= 0.6 is 0 Å². The van der Waals surface area contributed by atoms with E-state index >= 15 is 0 Å². The molecule has 3 nitrogen and oxygen atoms in total. The zero-order valence-corrected chi connectivity index (χ0v) is 9.80. The summed E-state index contributed by atoms with van der Waals surface area (Å²) in [6.45, 7) is 7.90. The Morgan fingerprint density at radius 3 is 2.36 bits per heavy atom. The maximum absolute atomic E-state index is 11.3. The number of hydrogen-bond donors (Lipinski definition) is 0. The smallest absolute Gasteiger partial charge is 0.163 e. The molecule has 0 unspecified atom stereocenters. The lowest BCUT2D eigenvalue weighted by atomic mass is 10.1. The normalized spacial score (nSPS) is 11.4. The molecule has 0 heterocycles. The Bertz CT molecular complexity index is 209. The topological polar surface area (TPSA) is 26.3 Å². The molecule has 0 aromatic rings. The van der Waals surface area contributed by atoms with Crippen LogP contribution in [0.25, 0.3) is 0 Å². The minimum absolute atomic E-state index is 0.161. The van der Waals surface area contributed by atoms with E-state index in [0.717, 1.165) is 24.2 Å². The number of allylic oxidation sites excluding steroid dienone is 1. The highest BCUT2D eigenvalue weighted by molar-refractivity contribution is 5.94. The van der Waals surface area contributed by atoms with Crippen LogP contribution in [0.3, 0.4) is 0 Å². The number of methoxy groups -OCH3 is 1. The van der Waals surface area contributed by atoms with Crippen molar-refractivity contribution in [1.82, 2.24) is 0 Å². The number of carbonyl (C=O) groups excluding carboxylic acids is 1. The Labute approximate surface area is 86.9 Å². The van der Waals surface area contributed by atoms with Crippen LogP contribution < -0.4 is 0 Å². The molecular weight excluding hydrogens is 178 g/mol. The van der Waals surface area contributed by atoms with Crippen LogP contribution in [0, 0.1) is 0 Å². The highest BCUT2D eigenvalue weighted by atomic mass is 16.5. The van der Waals surface area contributed by atoms with Crippen molar-refractivity contribution in [2.45, 2.75) is 13.3 Å². The van der Waals surface area contributed by atoms with Crippen LogP contribution in [0.1, 0.15) is 13.3 Å². The third-order valence-electron chi connectivity index (χ3n) is 2.32. The lowest BCUT2D eigenvalue weighted by Crippen LogP contribution is -2.43. The number of nitrogens with zero attached hydrogens (tertiary/aromatic N) is 1. The van der Waals surface area contributed by atoms with Crippen molar-refractivity contribution in [3.63, 3.8) is 0 Å². The van der Waals surface area contributed by atoms with Gasteiger partial charge in [-0.25, -0.2) is 0 Å². The Balaban J connectivity index is 3.86. The molecule has 0 aliphatic heterocycles. The number of hydrogen-bond acceptors (Lipinski definition) is 2. The Kier molecular flexibility index (Phi) is 5.65. The lowest BCUT2D eigenvalue weighted by molar-refractivity contribution is -0.890. The highest BCUT2D eigenvalue weighted by Gasteiger charge is 2.16. The molecule has 82 valence electrons. The molecule has 0 saturated heterocycles. The molecule has 0 rings (SSSR count). The summed E-state index contributed by atoms with van der Waals surface area (Å²) in [6, 6.07) is 0. The van der Waals surface area contributed by atoms with Crippen LogP contribution in [-0.4, -0.2) is 51.2 Å². The molecule has 3 heteroatoms. The van der Waals surface area contributed by atoms with Crippen molar-refractivity contribution in [1.29, 1.82) is 0 Å². The number of carbonyl (C=O) groups is 1. The van der Waals surface area contributed by atoms with Crippen molar-refractivity contribution in [2.75, 3.05) is 40.9 Å². The van der Waals surface area contributed by atoms with Gasteiger partial charge in [-0.3, -0.25) is 4.79 Å². The molecular formula is C11H22NO2+. The number of rotatable bonds is 7. The van der Waals surface area contributed by atoms with E-state index in [9.17, 15) is 4.79 Å². The second-order valence-corrected chi connectivity index (χ2v) is 4.33. The average molecular weight is 200 g/mol. The molecule has 0 aliphatic carbocycles. The third-order valence-corrected chi connectivity index (χ3v) is 2.32. The van der Waals surface area contributed by atoms with Gasteiger partial charge >= 0.3 is 0 Å². The van der Waals surface area contributed by atoms with Gasteiger partial charge in [0.2, 0.25) is 0 Å². The van der Waals surface area contributed by atoms with Gasteiger partial charge in [0.25, 0.3) is 0 Å². The molecule has 0 spiro atoms. The zero-order chi connectivity index (χ0) is 11.2. The van der Waals surface area contributed by atoms with E-state index in [1.165, 1.54) is 0 Å². The summed E-state index contributed by atoms with van der Waals surface area (Å²) >= 11 is 0. The monoisotopic (exact) mass is 200 g/mol. The summed E-state index contributed by atoms with van der Waals surface area (Å²) in [4.78, 5) is 11.3. The molecule has 0 N–H and O–H groups in total. The molecule has 0 saturated carbocycles. The first kappa shape index (κ1) is 13.3. The van der Waals surface area contributed by atoms with Gasteiger partial charge in [0, 0.05) is 7.11 Å². The van der Waals surface area contributed by atoms with Gasteiger partial charge in [-0.05, 0) is 12.5 Å². The van der Waals surface area contributed by atoms with Gasteiger partial charge < -0.3 is 9.22 Å². The van der Waals surface area contributed by atoms with Crippen LogP contribution in [0.5, 0.6) is 0 Å². The predicted molar refractivity (Wildman–Crippen MR) is 58.2 cm³/mol. The fourth-order valence-electron chi connectivity index (χ4n) is 1.07. The summed E-state index contributed by atoms with van der Waals surface area (Å²) in [5.74, 6) is 0.161. The van der Waals surface area contributed by atoms with E-state index in [4.69, 9.17) is 4.74 Å². The summed E-state index contributed by atoms with van der Waals surface area (Å²) in [6.07, 6.45) is 0.575. The van der Waals surface area contributed by atoms with Crippen LogP contribution in [0.4, 0.5) is 0 Å². The maximum Gasteiger partial charge on any atom is 0.163 e. The maximum atomic E-state index is 11.3. The van der Waals surface area contributed by atoms with Gasteiger partial charge in [-0.15, -0.1) is 0 Å². The van der Waals surface area contributed by atoms with Crippen LogP contribution in [0.2, 0.25) is 0 Å². The molecule has 0 bridgehead atoms. The molecule has 0 aromatic heterocycles. The Morgan fingerprint density at radius 1 is 1.36 bits per heavy atom. The van der Waals surface area contributed by atoms with Gasteiger partial charge in [-0.2, -0.15) is 0 Å². The molecule has 0 atom stereocenters. The van der Waals surface area contributed by atoms with E-state index in [-0.39, 0.29) is 5.78 Å². The first-order valence-corrected chi connectivity index (χ1v) is 4.89. The second kappa shape index (κ2) is 5.94. The van der Waals surface area contributed by atoms with Crippen molar-refractivity contribution >= 4 is 5.78 Å². The largest absolute Gasteiger partial charge is 0.379 e. The number of Topliss-reactive ketones (excluding diaryl/α,β-unsaturated/α-hetero) is 1. The summed E-state index contributed by atoms with van der Waals surface area (Å²) in [5, 5.41) is 0. The van der Waals surface area contributed by atoms with Gasteiger partial charge in [0.05, 0.1) is 33.7 Å². The van der Waals surface area contributed by atoms with Gasteiger partial charge in [0.15, 0.2) is 5.78 Å². The Morgan fingerprint density at radius 2 is 1.93 bits per heavy atom. The van der Waals surface area contributed by atoms with Gasteiger partial charge in [0.1, 0.15) is 6.54 Å². The van der Waals surface area contributed by atoms with E-state index in [1.807, 2.05) is 0 Å². The predicted octanol–water partition coefficient (Wildman–Crippen LogP) is 1.24. The molecule has 0 radical (unpaired) electrons. The standard InChI is InChI=1S/C11H22NO2/c1-10(2)11(13)6-7-12(3,4)8-9-14-5/h1,6-9H2,2-5H3/q+1. The highest BCUT2D eigenvalue weighted by Crippen LogP contribution is 2.03. The SMILES string of the molecule is C=C(C)C(=O)CC[N+](C)(C)CCOC. The minimum Gasteiger partial charge on any atom is -0.379 e. The van der Waals surface area contributed by atoms with E-state index in [1.54, 1.807) is 14.0 Å². The minimum atomic E-state index is 0.161. The third kappa shape index (κ3) is 5.89.